The van der Waals surface area contributed by atoms with E-state index in [1.54, 1.807) is 30.3 Å². The van der Waals surface area contributed by atoms with Crippen molar-refractivity contribution in [3.63, 3.8) is 0 Å². The molecule has 8 heteroatoms. The van der Waals surface area contributed by atoms with Gasteiger partial charge in [-0.2, -0.15) is 0 Å². The molecule has 0 bridgehead atoms. The first-order chi connectivity index (χ1) is 16.8. The van der Waals surface area contributed by atoms with Gasteiger partial charge in [0.15, 0.2) is 0 Å². The van der Waals surface area contributed by atoms with E-state index in [2.05, 4.69) is 5.32 Å². The highest BCUT2D eigenvalue weighted by Crippen LogP contribution is 2.29. The van der Waals surface area contributed by atoms with Gasteiger partial charge in [-0.25, -0.2) is 12.8 Å². The summed E-state index contributed by atoms with van der Waals surface area (Å²) < 4.78 is 45.1. The monoisotopic (exact) mass is 492 g/mol. The molecule has 6 nitrogen and oxygen atoms in total. The number of carbonyl (C=O) groups is 1. The van der Waals surface area contributed by atoms with Gasteiger partial charge in [-0.3, -0.25) is 9.10 Å². The number of fused-ring (bicyclic) bond motifs is 1. The fourth-order valence-electron chi connectivity index (χ4n) is 3.70. The summed E-state index contributed by atoms with van der Waals surface area (Å²) in [6, 6.07) is 25.7. The molecule has 1 amide bonds. The minimum Gasteiger partial charge on any atom is -0.492 e. The third-order valence-electron chi connectivity index (χ3n) is 5.45. The number of halogens is 1. The first-order valence-electron chi connectivity index (χ1n) is 11.0. The molecular formula is C27H25FN2O4S. The molecule has 4 aromatic carbocycles. The van der Waals surface area contributed by atoms with Crippen LogP contribution in [-0.2, 0) is 16.6 Å². The van der Waals surface area contributed by atoms with Gasteiger partial charge in [0.05, 0.1) is 25.0 Å². The summed E-state index contributed by atoms with van der Waals surface area (Å²) in [5, 5.41) is 4.57. The van der Waals surface area contributed by atoms with E-state index in [9.17, 15) is 17.6 Å². The summed E-state index contributed by atoms with van der Waals surface area (Å²) in [7, 11) is -3.56. The van der Waals surface area contributed by atoms with E-state index in [4.69, 9.17) is 4.74 Å². The zero-order valence-corrected chi connectivity index (χ0v) is 20.0. The minimum atomic E-state index is -3.56. The maximum Gasteiger partial charge on any atom is 0.251 e. The molecule has 180 valence electrons. The van der Waals surface area contributed by atoms with Crippen LogP contribution in [-0.4, -0.2) is 33.7 Å². The van der Waals surface area contributed by atoms with Crippen LogP contribution in [0.4, 0.5) is 10.1 Å². The Hall–Kier alpha value is -3.91. The highest BCUT2D eigenvalue weighted by atomic mass is 32.2. The number of nitrogens with zero attached hydrogens (tertiary/aromatic N) is 1. The third kappa shape index (κ3) is 6.16. The SMILES string of the molecule is CS(=O)(=O)N(Cc1ccc(C(=O)NCCOc2ccc(F)cc2)cc1)c1cccc2ccccc12. The molecule has 0 aromatic heterocycles. The Labute approximate surface area is 204 Å². The van der Waals surface area contributed by atoms with E-state index in [0.29, 0.717) is 17.0 Å². The first-order valence-corrected chi connectivity index (χ1v) is 12.9. The van der Waals surface area contributed by atoms with Crippen molar-refractivity contribution < 1.29 is 22.3 Å². The number of nitrogens with one attached hydrogen (secondary N) is 1. The Morgan fingerprint density at radius 1 is 0.914 bits per heavy atom. The number of sulfonamides is 1. The lowest BCUT2D eigenvalue weighted by Crippen LogP contribution is -2.30. The van der Waals surface area contributed by atoms with Crippen molar-refractivity contribution in [3.8, 4) is 5.75 Å². The Morgan fingerprint density at radius 2 is 1.60 bits per heavy atom. The van der Waals surface area contributed by atoms with Crippen LogP contribution in [0.25, 0.3) is 10.8 Å². The molecule has 1 N–H and O–H groups in total. The second kappa shape index (κ2) is 10.6. The number of rotatable bonds is 9. The van der Waals surface area contributed by atoms with E-state index in [-0.39, 0.29) is 31.4 Å². The molecule has 0 saturated carbocycles. The first kappa shape index (κ1) is 24.2. The van der Waals surface area contributed by atoms with Crippen molar-refractivity contribution in [2.45, 2.75) is 6.54 Å². The lowest BCUT2D eigenvalue weighted by Gasteiger charge is -2.24. The van der Waals surface area contributed by atoms with Crippen LogP contribution in [0.2, 0.25) is 0 Å². The summed E-state index contributed by atoms with van der Waals surface area (Å²) in [6.07, 6.45) is 1.19. The van der Waals surface area contributed by atoms with Crippen LogP contribution in [0, 0.1) is 5.82 Å². The lowest BCUT2D eigenvalue weighted by atomic mass is 10.1. The molecule has 0 aliphatic rings. The number of carbonyl (C=O) groups excluding carboxylic acids is 1. The lowest BCUT2D eigenvalue weighted by molar-refractivity contribution is 0.0947. The zero-order chi connectivity index (χ0) is 24.8. The predicted molar refractivity (Wildman–Crippen MR) is 136 cm³/mol. The molecule has 0 aliphatic heterocycles. The molecule has 0 fully saturated rings. The molecule has 0 radical (unpaired) electrons. The van der Waals surface area contributed by atoms with E-state index in [1.807, 2.05) is 36.4 Å². The van der Waals surface area contributed by atoms with Gasteiger partial charge < -0.3 is 10.1 Å². The number of benzene rings is 4. The second-order valence-electron chi connectivity index (χ2n) is 8.02. The molecule has 4 aromatic rings. The van der Waals surface area contributed by atoms with E-state index >= 15 is 0 Å². The van der Waals surface area contributed by atoms with Crippen LogP contribution in [0.1, 0.15) is 15.9 Å². The Kier molecular flexibility index (Phi) is 7.31. The van der Waals surface area contributed by atoms with Gasteiger partial charge in [-0.1, -0.05) is 48.5 Å². The predicted octanol–water partition coefficient (Wildman–Crippen LogP) is 4.75. The standard InChI is InChI=1S/C27H25FN2O4S/c1-35(32,33)30(26-8-4-6-21-5-2-3-7-25(21)26)19-20-9-11-22(12-10-20)27(31)29-17-18-34-24-15-13-23(28)14-16-24/h2-16H,17-19H2,1H3,(H,29,31). The molecule has 4 rings (SSSR count). The van der Waals surface area contributed by atoms with Crippen molar-refractivity contribution in [1.29, 1.82) is 0 Å². The Balaban J connectivity index is 1.40. The van der Waals surface area contributed by atoms with Crippen molar-refractivity contribution >= 4 is 32.4 Å². The smallest absolute Gasteiger partial charge is 0.251 e. The van der Waals surface area contributed by atoms with Gasteiger partial charge in [0, 0.05) is 10.9 Å². The highest BCUT2D eigenvalue weighted by Gasteiger charge is 2.20. The van der Waals surface area contributed by atoms with Crippen molar-refractivity contribution in [2.24, 2.45) is 0 Å². The number of amides is 1. The van der Waals surface area contributed by atoms with Crippen LogP contribution >= 0.6 is 0 Å². The summed E-state index contributed by atoms with van der Waals surface area (Å²) >= 11 is 0. The quantitative estimate of drug-likeness (QED) is 0.342. The molecule has 0 saturated heterocycles. The van der Waals surface area contributed by atoms with Gasteiger partial charge in [0.1, 0.15) is 18.2 Å². The summed E-state index contributed by atoms with van der Waals surface area (Å²) in [6.45, 7) is 0.658. The molecule has 0 heterocycles. The van der Waals surface area contributed by atoms with E-state index < -0.39 is 10.0 Å². The minimum absolute atomic E-state index is 0.139. The molecule has 0 aliphatic carbocycles. The molecule has 0 unspecified atom stereocenters. The van der Waals surface area contributed by atoms with Crippen LogP contribution in [0.5, 0.6) is 5.75 Å². The van der Waals surface area contributed by atoms with Crippen molar-refractivity contribution in [3.05, 3.63) is 108 Å². The van der Waals surface area contributed by atoms with Crippen LogP contribution in [0.3, 0.4) is 0 Å². The maximum atomic E-state index is 12.9. The highest BCUT2D eigenvalue weighted by molar-refractivity contribution is 7.92. The largest absolute Gasteiger partial charge is 0.492 e. The van der Waals surface area contributed by atoms with E-state index in [0.717, 1.165) is 16.3 Å². The molecule has 35 heavy (non-hydrogen) atoms. The maximum absolute atomic E-state index is 12.9. The molecule has 0 atom stereocenters. The average Bonchev–Trinajstić information content (AvgIpc) is 2.85. The fourth-order valence-corrected chi connectivity index (χ4v) is 4.60. The zero-order valence-electron chi connectivity index (χ0n) is 19.1. The summed E-state index contributed by atoms with van der Waals surface area (Å²) in [4.78, 5) is 12.4. The Bertz CT molecular complexity index is 1420. The van der Waals surface area contributed by atoms with Gasteiger partial charge in [0.25, 0.3) is 5.91 Å². The molecule has 0 spiro atoms. The number of ether oxygens (including phenoxy) is 1. The summed E-state index contributed by atoms with van der Waals surface area (Å²) in [5.74, 6) is -0.0919. The number of hydrogen-bond donors (Lipinski definition) is 1. The van der Waals surface area contributed by atoms with Gasteiger partial charge in [0.2, 0.25) is 10.0 Å². The van der Waals surface area contributed by atoms with Gasteiger partial charge >= 0.3 is 0 Å². The van der Waals surface area contributed by atoms with Gasteiger partial charge in [-0.15, -0.1) is 0 Å². The second-order valence-corrected chi connectivity index (χ2v) is 9.93. The normalized spacial score (nSPS) is 11.3. The molecular weight excluding hydrogens is 467 g/mol. The van der Waals surface area contributed by atoms with Crippen molar-refractivity contribution in [2.75, 3.05) is 23.7 Å². The average molecular weight is 493 g/mol. The third-order valence-corrected chi connectivity index (χ3v) is 6.57. The van der Waals surface area contributed by atoms with Crippen LogP contribution in [0.15, 0.2) is 91.0 Å². The topological polar surface area (TPSA) is 75.7 Å². The fraction of sp³-hybridized carbons (Fsp3) is 0.148. The Morgan fingerprint density at radius 3 is 2.31 bits per heavy atom. The van der Waals surface area contributed by atoms with Gasteiger partial charge in [-0.05, 0) is 53.4 Å². The van der Waals surface area contributed by atoms with E-state index in [1.165, 1.54) is 34.8 Å². The van der Waals surface area contributed by atoms with Crippen LogP contribution < -0.4 is 14.4 Å². The number of hydrogen-bond acceptors (Lipinski definition) is 4. The van der Waals surface area contributed by atoms with Crippen molar-refractivity contribution in [1.82, 2.24) is 5.32 Å². The summed E-state index contributed by atoms with van der Waals surface area (Å²) in [5.41, 5.74) is 1.81. The number of anilines is 1.